The minimum atomic E-state index is -1.17. The molecular weight excluding hydrogens is 1490 g/mol. The van der Waals surface area contributed by atoms with Crippen LogP contribution in [0.1, 0.15) is 98.8 Å². The van der Waals surface area contributed by atoms with Gasteiger partial charge in [0.25, 0.3) is 0 Å². The van der Waals surface area contributed by atoms with Gasteiger partial charge in [-0.2, -0.15) is 0 Å². The van der Waals surface area contributed by atoms with Crippen LogP contribution in [0.3, 0.4) is 0 Å². The first-order chi connectivity index (χ1) is 52.3. The monoisotopic (exact) mass is 1580 g/mol. The van der Waals surface area contributed by atoms with E-state index in [0.717, 1.165) is 11.6 Å². The van der Waals surface area contributed by atoms with Crippen LogP contribution in [0.5, 0.6) is 0 Å². The topological polar surface area (TPSA) is 440 Å². The number of halogens is 4. The minimum absolute atomic E-state index is 0.0434. The lowest BCUT2D eigenvalue weighted by Gasteiger charge is -2.23. The fourth-order valence-electron chi connectivity index (χ4n) is 10.2. The number of anilines is 2. The molecule has 590 valence electrons. The molecule has 38 heteroatoms. The second-order valence-electron chi connectivity index (χ2n) is 24.3. The number of carboxylic acids is 2. The third kappa shape index (κ3) is 38.6. The van der Waals surface area contributed by atoms with Crippen molar-refractivity contribution in [3.63, 3.8) is 0 Å². The molecular formula is C70H96Cl4N18O16. The summed E-state index contributed by atoms with van der Waals surface area (Å²) >= 11 is 24.8. The summed E-state index contributed by atoms with van der Waals surface area (Å²) in [6.45, 7) is 6.71. The van der Waals surface area contributed by atoms with E-state index in [2.05, 4.69) is 83.8 Å². The molecule has 12 N–H and O–H groups in total. The molecule has 108 heavy (non-hydrogen) atoms. The average Bonchev–Trinajstić information content (AvgIpc) is 1.08. The predicted molar refractivity (Wildman–Crippen MR) is 401 cm³/mol. The van der Waals surface area contributed by atoms with Crippen molar-refractivity contribution in [2.75, 3.05) is 129 Å². The molecule has 0 fully saturated rings. The molecule has 8 amide bonds. The summed E-state index contributed by atoms with van der Waals surface area (Å²) in [6.07, 6.45) is 9.50. The third-order valence-corrected chi connectivity index (χ3v) is 16.4. The van der Waals surface area contributed by atoms with Gasteiger partial charge in [-0.1, -0.05) is 69.0 Å². The molecule has 6 rings (SSSR count). The molecule has 0 spiro atoms. The van der Waals surface area contributed by atoms with Gasteiger partial charge in [-0.05, 0) is 110 Å². The molecule has 2 aromatic carbocycles. The van der Waals surface area contributed by atoms with E-state index in [4.69, 9.17) is 74.8 Å². The number of carbonyl (C=O) groups excluding carboxylic acids is 6. The Morgan fingerprint density at radius 3 is 1.13 bits per heavy atom. The van der Waals surface area contributed by atoms with Gasteiger partial charge in [-0.15, -0.1) is 10.2 Å². The average molecular weight is 1590 g/mol. The number of pyridine rings is 2. The van der Waals surface area contributed by atoms with Crippen molar-refractivity contribution in [1.82, 2.24) is 82.5 Å². The van der Waals surface area contributed by atoms with Crippen molar-refractivity contribution in [3.8, 4) is 0 Å². The third-order valence-electron chi connectivity index (χ3n) is 15.5. The SMILES string of the molecule is O=C(O)CC(NC(=O)C(Cc1cn(CCOCCOCCOCCNC(=O)NCCCCNC(=O)NCCOCCOCCOCCn2cc(CC(NC(=O)CCCCNc3ccccn3)C(=O)NC(CC(=O)O)c3cc(Cl)cc(Cl)c3)nn2)nn1)NC(=O)CCCCNc1ccccn1)c1cc(Cl)cc(Cl)c1. The minimum Gasteiger partial charge on any atom is -0.481 e. The van der Waals surface area contributed by atoms with Crippen molar-refractivity contribution in [3.05, 3.63) is 140 Å². The molecule has 4 atom stereocenters. The number of aliphatic carboxylic acids is 2. The zero-order chi connectivity index (χ0) is 77.4. The summed E-state index contributed by atoms with van der Waals surface area (Å²) in [5.41, 5.74) is 1.56. The zero-order valence-electron chi connectivity index (χ0n) is 59.9. The number of benzene rings is 2. The van der Waals surface area contributed by atoms with Crippen LogP contribution in [-0.4, -0.2) is 228 Å². The molecule has 0 saturated carbocycles. The predicted octanol–water partition coefficient (Wildman–Crippen LogP) is 5.74. The number of carboxylic acid groups (broad SMARTS) is 2. The summed E-state index contributed by atoms with van der Waals surface area (Å²) in [5.74, 6) is -2.93. The molecule has 0 aliphatic carbocycles. The highest BCUT2D eigenvalue weighted by Crippen LogP contribution is 2.28. The van der Waals surface area contributed by atoms with Crippen LogP contribution >= 0.6 is 46.4 Å². The fraction of sp³-hybridized carbons (Fsp3) is 0.514. The van der Waals surface area contributed by atoms with Crippen LogP contribution in [-0.2, 0) is 83.1 Å². The summed E-state index contributed by atoms with van der Waals surface area (Å²) in [7, 11) is 0. The molecule has 34 nitrogen and oxygen atoms in total. The van der Waals surface area contributed by atoms with Crippen molar-refractivity contribution in [1.29, 1.82) is 0 Å². The van der Waals surface area contributed by atoms with Crippen LogP contribution in [0, 0.1) is 0 Å². The van der Waals surface area contributed by atoms with Crippen LogP contribution in [0.2, 0.25) is 20.1 Å². The van der Waals surface area contributed by atoms with E-state index in [0.29, 0.717) is 153 Å². The Bertz CT molecular complexity index is 3400. The Morgan fingerprint density at radius 1 is 0.417 bits per heavy atom. The van der Waals surface area contributed by atoms with Crippen molar-refractivity contribution >= 4 is 106 Å². The lowest BCUT2D eigenvalue weighted by Crippen LogP contribution is -2.49. The Kier molecular flexibility index (Phi) is 42.3. The Balaban J connectivity index is 0.724. The number of nitrogens with zero attached hydrogens (tertiary/aromatic N) is 8. The standard InChI is InChI=1S/C70H96Cl4N18O16/c71-51-37-49(38-52(72)41-51)57(45-65(95)96)85-67(99)59(83-63(93)13-3-7-17-77-61-11-1-5-15-75-61)43-55-47-91(89-87-55)23-27-105-31-35-107-33-29-103-25-21-81-69(101)79-19-9-10-20-80-70(102)82-22-26-104-30-34-108-36-32-106-28-24-92-48-56(88-90-92)44-60(84-64(94)14-4-8-18-78-62-12-2-6-16-76-62)68(100)86-58(46-66(97)98)50-39-53(73)42-54(74)40-50/h1-2,5-6,11-12,15-16,37-42,47-48,57-60H,3-4,7-10,13-14,17-36,43-46H2,(H,75,77)(H,76,78)(H,83,93)(H,84,94)(H,85,99)(H,86,100)(H,95,96)(H,97,98)(H2,79,81,101)(H2,80,82,102). The van der Waals surface area contributed by atoms with Gasteiger partial charge < -0.3 is 91.8 Å². The number of urea groups is 2. The molecule has 0 bridgehead atoms. The Hall–Kier alpha value is -9.10. The van der Waals surface area contributed by atoms with Crippen LogP contribution < -0.4 is 53.2 Å². The van der Waals surface area contributed by atoms with E-state index in [1.165, 1.54) is 36.4 Å². The van der Waals surface area contributed by atoms with Crippen LogP contribution in [0.15, 0.2) is 97.6 Å². The molecule has 4 aromatic heterocycles. The van der Waals surface area contributed by atoms with E-state index < -0.39 is 60.8 Å². The van der Waals surface area contributed by atoms with Gasteiger partial charge in [0.1, 0.15) is 23.7 Å². The molecule has 6 aromatic rings. The summed E-state index contributed by atoms with van der Waals surface area (Å²) in [5, 5.41) is 65.6. The maximum atomic E-state index is 13.8. The highest BCUT2D eigenvalue weighted by Gasteiger charge is 2.29. The fourth-order valence-corrected chi connectivity index (χ4v) is 11.3. The smallest absolute Gasteiger partial charge is 0.314 e. The summed E-state index contributed by atoms with van der Waals surface area (Å²) in [4.78, 5) is 111. The molecule has 0 aliphatic heterocycles. The first-order valence-corrected chi connectivity index (χ1v) is 37.0. The van der Waals surface area contributed by atoms with E-state index in [1.807, 2.05) is 36.4 Å². The van der Waals surface area contributed by atoms with Crippen LogP contribution in [0.4, 0.5) is 21.2 Å². The van der Waals surface area contributed by atoms with Crippen LogP contribution in [0.25, 0.3) is 0 Å². The number of carbonyl (C=O) groups is 8. The number of nitrogens with one attached hydrogen (secondary N) is 10. The number of amides is 8. The van der Waals surface area contributed by atoms with E-state index in [9.17, 15) is 48.6 Å². The van der Waals surface area contributed by atoms with Gasteiger partial charge in [0, 0.05) is 110 Å². The normalized spacial score (nSPS) is 12.2. The maximum Gasteiger partial charge on any atom is 0.314 e. The number of rotatable bonds is 57. The lowest BCUT2D eigenvalue weighted by atomic mass is 10.0. The van der Waals surface area contributed by atoms with E-state index in [1.54, 1.807) is 34.2 Å². The Labute approximate surface area is 645 Å². The molecule has 0 saturated heterocycles. The molecule has 0 radical (unpaired) electrons. The number of aromatic nitrogens is 8. The van der Waals surface area contributed by atoms with Crippen molar-refractivity contribution < 1.29 is 77.0 Å². The van der Waals surface area contributed by atoms with Gasteiger partial charge in [-0.25, -0.2) is 28.9 Å². The second kappa shape index (κ2) is 52.0. The second-order valence-corrected chi connectivity index (χ2v) is 26.0. The summed E-state index contributed by atoms with van der Waals surface area (Å²) < 4.78 is 36.7. The number of hydrogen-bond acceptors (Lipinski definition) is 22. The number of unbranched alkanes of at least 4 members (excludes halogenated alkanes) is 3. The molecule has 0 aliphatic rings. The largest absolute Gasteiger partial charge is 0.481 e. The highest BCUT2D eigenvalue weighted by atomic mass is 35.5. The number of hydrogen-bond donors (Lipinski definition) is 12. The van der Waals surface area contributed by atoms with Crippen molar-refractivity contribution in [2.24, 2.45) is 0 Å². The number of ether oxygens (including phenoxy) is 6. The van der Waals surface area contributed by atoms with Gasteiger partial charge in [-0.3, -0.25) is 28.8 Å². The Morgan fingerprint density at radius 2 is 0.769 bits per heavy atom. The summed E-state index contributed by atoms with van der Waals surface area (Å²) in [6, 6.07) is 15.1. The lowest BCUT2D eigenvalue weighted by molar-refractivity contribution is -0.139. The van der Waals surface area contributed by atoms with Gasteiger partial charge >= 0.3 is 24.0 Å². The first kappa shape index (κ1) is 87.8. The van der Waals surface area contributed by atoms with E-state index >= 15 is 0 Å². The quantitative estimate of drug-likeness (QED) is 0.0203. The van der Waals surface area contributed by atoms with E-state index in [-0.39, 0.29) is 109 Å². The highest BCUT2D eigenvalue weighted by molar-refractivity contribution is 6.35. The first-order valence-electron chi connectivity index (χ1n) is 35.5. The molecule has 4 heterocycles. The van der Waals surface area contributed by atoms with Gasteiger partial charge in [0.05, 0.1) is 129 Å². The van der Waals surface area contributed by atoms with Crippen molar-refractivity contribution in [2.45, 2.75) is 114 Å². The molecule has 4 unspecified atom stereocenters. The zero-order valence-corrected chi connectivity index (χ0v) is 62.9. The van der Waals surface area contributed by atoms with Gasteiger partial charge in [0.2, 0.25) is 23.6 Å². The maximum absolute atomic E-state index is 13.8. The van der Waals surface area contributed by atoms with Gasteiger partial charge in [0.15, 0.2) is 0 Å².